The van der Waals surface area contributed by atoms with Crippen molar-refractivity contribution in [3.63, 3.8) is 0 Å². The number of aromatic amines is 1. The molecule has 104 valence electrons. The Morgan fingerprint density at radius 1 is 1.05 bits per heavy atom. The molecule has 0 unspecified atom stereocenters. The van der Waals surface area contributed by atoms with Gasteiger partial charge in [-0.15, -0.1) is 0 Å². The Kier molecular flexibility index (Phi) is 2.99. The van der Waals surface area contributed by atoms with Gasteiger partial charge in [-0.2, -0.15) is 5.10 Å². The summed E-state index contributed by atoms with van der Waals surface area (Å²) < 4.78 is 12.1. The summed E-state index contributed by atoms with van der Waals surface area (Å²) in [4.78, 5) is 0. The quantitative estimate of drug-likeness (QED) is 0.852. The molecule has 1 fully saturated rings. The van der Waals surface area contributed by atoms with Crippen molar-refractivity contribution in [1.29, 1.82) is 0 Å². The molecule has 2 heterocycles. The number of nitrogens with one attached hydrogen (secondary N) is 1. The third-order valence-electron chi connectivity index (χ3n) is 4.22. The van der Waals surface area contributed by atoms with Crippen molar-refractivity contribution >= 4 is 12.6 Å². The van der Waals surface area contributed by atoms with Crippen molar-refractivity contribution in [2.75, 3.05) is 0 Å². The Morgan fingerprint density at radius 2 is 1.75 bits per heavy atom. The molecule has 1 aliphatic rings. The average Bonchev–Trinajstić information content (AvgIpc) is 2.97. The van der Waals surface area contributed by atoms with E-state index in [-0.39, 0.29) is 18.3 Å². The predicted octanol–water partition coefficient (Wildman–Crippen LogP) is 2.38. The van der Waals surface area contributed by atoms with E-state index >= 15 is 0 Å². The Balaban J connectivity index is 1.91. The van der Waals surface area contributed by atoms with Crippen LogP contribution >= 0.6 is 0 Å². The highest BCUT2D eigenvalue weighted by Crippen LogP contribution is 2.36. The summed E-state index contributed by atoms with van der Waals surface area (Å²) >= 11 is 0. The first-order chi connectivity index (χ1) is 9.39. The van der Waals surface area contributed by atoms with Crippen LogP contribution in [-0.2, 0) is 9.31 Å². The smallest absolute Gasteiger partial charge is 0.399 e. The van der Waals surface area contributed by atoms with Gasteiger partial charge in [-0.05, 0) is 44.8 Å². The van der Waals surface area contributed by atoms with Crippen molar-refractivity contribution in [1.82, 2.24) is 10.2 Å². The number of benzene rings is 1. The second-order valence-corrected chi connectivity index (χ2v) is 6.18. The van der Waals surface area contributed by atoms with E-state index in [2.05, 4.69) is 44.0 Å². The minimum absolute atomic E-state index is 0.318. The normalized spacial score (nSPS) is 20.3. The first kappa shape index (κ1) is 13.4. The van der Waals surface area contributed by atoms with E-state index in [0.717, 1.165) is 16.7 Å². The van der Waals surface area contributed by atoms with Crippen LogP contribution in [0.1, 0.15) is 27.7 Å². The molecule has 1 aromatic heterocycles. The summed E-state index contributed by atoms with van der Waals surface area (Å²) in [5.74, 6) is 0. The maximum atomic E-state index is 6.07. The van der Waals surface area contributed by atoms with E-state index in [4.69, 9.17) is 9.31 Å². The monoisotopic (exact) mass is 270 g/mol. The number of nitrogens with zero attached hydrogens (tertiary/aromatic N) is 1. The maximum absolute atomic E-state index is 6.07. The largest absolute Gasteiger partial charge is 0.494 e. The fourth-order valence-electron chi connectivity index (χ4n) is 2.25. The van der Waals surface area contributed by atoms with E-state index in [1.165, 1.54) is 0 Å². The van der Waals surface area contributed by atoms with Gasteiger partial charge in [0.25, 0.3) is 0 Å². The minimum atomic E-state index is -0.331. The van der Waals surface area contributed by atoms with Crippen molar-refractivity contribution in [2.45, 2.75) is 38.9 Å². The van der Waals surface area contributed by atoms with Crippen LogP contribution in [0, 0.1) is 0 Å². The van der Waals surface area contributed by atoms with Crippen LogP contribution in [0.15, 0.2) is 36.5 Å². The Bertz CT molecular complexity index is 592. The van der Waals surface area contributed by atoms with Crippen molar-refractivity contribution in [3.8, 4) is 11.3 Å². The molecule has 20 heavy (non-hydrogen) atoms. The summed E-state index contributed by atoms with van der Waals surface area (Å²) in [7, 11) is -0.331. The zero-order valence-corrected chi connectivity index (χ0v) is 12.3. The molecule has 0 amide bonds. The molecule has 0 atom stereocenters. The van der Waals surface area contributed by atoms with E-state index in [1.807, 2.05) is 24.3 Å². The third kappa shape index (κ3) is 2.17. The van der Waals surface area contributed by atoms with Crippen LogP contribution in [0.2, 0.25) is 0 Å². The van der Waals surface area contributed by atoms with Gasteiger partial charge in [-0.3, -0.25) is 5.10 Å². The SMILES string of the molecule is CC1(C)OB(c2cccc(-c3ccn[nH]3)c2)OC1(C)C. The number of aromatic nitrogens is 2. The first-order valence-corrected chi connectivity index (χ1v) is 6.84. The highest BCUT2D eigenvalue weighted by atomic mass is 16.7. The molecule has 1 N–H and O–H groups in total. The minimum Gasteiger partial charge on any atom is -0.399 e. The summed E-state index contributed by atoms with van der Waals surface area (Å²) in [6.07, 6.45) is 1.75. The Morgan fingerprint density at radius 3 is 2.35 bits per heavy atom. The van der Waals surface area contributed by atoms with E-state index < -0.39 is 0 Å². The standard InChI is InChI=1S/C15H19BN2O2/c1-14(2)15(3,4)20-16(19-14)12-7-5-6-11(10-12)13-8-9-17-18-13/h5-10H,1-4H3,(H,17,18). The Hall–Kier alpha value is -1.59. The number of H-pyrrole nitrogens is 1. The van der Waals surface area contributed by atoms with Gasteiger partial charge >= 0.3 is 7.12 Å². The molecular weight excluding hydrogens is 251 g/mol. The zero-order chi connectivity index (χ0) is 14.4. The average molecular weight is 270 g/mol. The molecule has 0 saturated carbocycles. The fourth-order valence-corrected chi connectivity index (χ4v) is 2.25. The van der Waals surface area contributed by atoms with Crippen LogP contribution in [0.4, 0.5) is 0 Å². The van der Waals surface area contributed by atoms with Gasteiger partial charge < -0.3 is 9.31 Å². The van der Waals surface area contributed by atoms with E-state index in [0.29, 0.717) is 0 Å². The highest BCUT2D eigenvalue weighted by Gasteiger charge is 2.51. The lowest BCUT2D eigenvalue weighted by molar-refractivity contribution is 0.00578. The summed E-state index contributed by atoms with van der Waals surface area (Å²) in [6, 6.07) is 10.1. The second-order valence-electron chi connectivity index (χ2n) is 6.18. The lowest BCUT2D eigenvalue weighted by atomic mass is 9.78. The fraction of sp³-hybridized carbons (Fsp3) is 0.400. The van der Waals surface area contributed by atoms with Crippen LogP contribution in [0.25, 0.3) is 11.3 Å². The molecule has 1 saturated heterocycles. The second kappa shape index (κ2) is 4.47. The number of hydrogen-bond donors (Lipinski definition) is 1. The summed E-state index contributed by atoms with van der Waals surface area (Å²) in [6.45, 7) is 8.25. The first-order valence-electron chi connectivity index (χ1n) is 6.84. The summed E-state index contributed by atoms with van der Waals surface area (Å²) in [5, 5.41) is 6.96. The molecule has 0 spiro atoms. The van der Waals surface area contributed by atoms with E-state index in [9.17, 15) is 0 Å². The Labute approximate surface area is 119 Å². The third-order valence-corrected chi connectivity index (χ3v) is 4.22. The van der Waals surface area contributed by atoms with Gasteiger partial charge in [0.1, 0.15) is 0 Å². The number of rotatable bonds is 2. The lowest BCUT2D eigenvalue weighted by Gasteiger charge is -2.32. The van der Waals surface area contributed by atoms with Gasteiger partial charge in [-0.25, -0.2) is 0 Å². The molecule has 0 bridgehead atoms. The summed E-state index contributed by atoms with van der Waals surface area (Å²) in [5.41, 5.74) is 2.46. The van der Waals surface area contributed by atoms with Crippen LogP contribution < -0.4 is 5.46 Å². The van der Waals surface area contributed by atoms with Gasteiger partial charge in [0.05, 0.1) is 16.9 Å². The van der Waals surface area contributed by atoms with E-state index in [1.54, 1.807) is 6.20 Å². The van der Waals surface area contributed by atoms with Crippen LogP contribution in [-0.4, -0.2) is 28.5 Å². The molecule has 5 heteroatoms. The van der Waals surface area contributed by atoms with Crippen molar-refractivity contribution in [3.05, 3.63) is 36.5 Å². The van der Waals surface area contributed by atoms with Gasteiger partial charge in [0, 0.05) is 6.20 Å². The lowest BCUT2D eigenvalue weighted by Crippen LogP contribution is -2.41. The molecule has 1 aliphatic heterocycles. The molecule has 2 aromatic rings. The van der Waals surface area contributed by atoms with Gasteiger partial charge in [-0.1, -0.05) is 24.3 Å². The topological polar surface area (TPSA) is 47.1 Å². The van der Waals surface area contributed by atoms with Crippen LogP contribution in [0.5, 0.6) is 0 Å². The van der Waals surface area contributed by atoms with Gasteiger partial charge in [0.15, 0.2) is 0 Å². The molecule has 1 aromatic carbocycles. The molecule has 3 rings (SSSR count). The maximum Gasteiger partial charge on any atom is 0.494 e. The van der Waals surface area contributed by atoms with Crippen molar-refractivity contribution < 1.29 is 9.31 Å². The highest BCUT2D eigenvalue weighted by molar-refractivity contribution is 6.62. The molecule has 0 aliphatic carbocycles. The molecular formula is C15H19BN2O2. The van der Waals surface area contributed by atoms with Crippen LogP contribution in [0.3, 0.4) is 0 Å². The predicted molar refractivity (Wildman–Crippen MR) is 79.7 cm³/mol. The number of hydrogen-bond acceptors (Lipinski definition) is 3. The molecule has 0 radical (unpaired) electrons. The zero-order valence-electron chi connectivity index (χ0n) is 12.3. The van der Waals surface area contributed by atoms with Gasteiger partial charge in [0.2, 0.25) is 0 Å². The van der Waals surface area contributed by atoms with Crippen molar-refractivity contribution in [2.24, 2.45) is 0 Å². The molecule has 4 nitrogen and oxygen atoms in total.